The highest BCUT2D eigenvalue weighted by atomic mass is 16.5. The Morgan fingerprint density at radius 2 is 1.89 bits per heavy atom. The number of morpholine rings is 1. The van der Waals surface area contributed by atoms with Gasteiger partial charge < -0.3 is 24.7 Å². The molecular formula is C12H20N2O5. The van der Waals surface area contributed by atoms with Gasteiger partial charge in [-0.15, -0.1) is 0 Å². The van der Waals surface area contributed by atoms with E-state index in [4.69, 9.17) is 9.84 Å². The van der Waals surface area contributed by atoms with Crippen LogP contribution in [0.2, 0.25) is 0 Å². The molecule has 19 heavy (non-hydrogen) atoms. The average molecular weight is 272 g/mol. The van der Waals surface area contributed by atoms with Crippen molar-refractivity contribution in [3.05, 3.63) is 0 Å². The van der Waals surface area contributed by atoms with Gasteiger partial charge in [0.25, 0.3) is 0 Å². The van der Waals surface area contributed by atoms with Crippen LogP contribution >= 0.6 is 0 Å². The number of hydrogen-bond acceptors (Lipinski definition) is 4. The molecule has 2 fully saturated rings. The van der Waals surface area contributed by atoms with E-state index in [0.29, 0.717) is 13.1 Å². The molecule has 0 spiro atoms. The van der Waals surface area contributed by atoms with E-state index in [1.807, 2.05) is 13.8 Å². The fourth-order valence-corrected chi connectivity index (χ4v) is 2.53. The number of ether oxygens (including phenoxy) is 1. The van der Waals surface area contributed by atoms with E-state index in [2.05, 4.69) is 0 Å². The Hall–Kier alpha value is -1.34. The second-order valence-corrected chi connectivity index (χ2v) is 5.79. The number of nitrogens with zero attached hydrogens (tertiary/aromatic N) is 2. The van der Waals surface area contributed by atoms with Gasteiger partial charge in [-0.3, -0.25) is 4.79 Å². The lowest BCUT2D eigenvalue weighted by atomic mass is 10.0. The smallest absolute Gasteiger partial charge is 0.320 e. The van der Waals surface area contributed by atoms with Gasteiger partial charge in [0.1, 0.15) is 0 Å². The van der Waals surface area contributed by atoms with E-state index in [1.165, 1.54) is 4.90 Å². The molecule has 2 heterocycles. The minimum absolute atomic E-state index is 0.134. The SMILES string of the molecule is CC1(C)CN(C(=O)N2CC(C(=O)O)C2)CC(CO)O1. The second-order valence-electron chi connectivity index (χ2n) is 5.79. The van der Waals surface area contributed by atoms with E-state index in [0.717, 1.165) is 0 Å². The maximum absolute atomic E-state index is 12.2. The zero-order valence-corrected chi connectivity index (χ0v) is 11.2. The van der Waals surface area contributed by atoms with Crippen LogP contribution in [-0.4, -0.2) is 76.5 Å². The lowest BCUT2D eigenvalue weighted by Gasteiger charge is -2.46. The molecular weight excluding hydrogens is 252 g/mol. The van der Waals surface area contributed by atoms with Crippen LogP contribution < -0.4 is 0 Å². The molecule has 108 valence electrons. The molecule has 2 rings (SSSR count). The highest BCUT2D eigenvalue weighted by molar-refractivity contribution is 5.80. The lowest BCUT2D eigenvalue weighted by molar-refractivity contribution is -0.149. The van der Waals surface area contributed by atoms with Crippen molar-refractivity contribution in [2.45, 2.75) is 25.6 Å². The molecule has 0 aromatic carbocycles. The first-order valence-corrected chi connectivity index (χ1v) is 6.38. The highest BCUT2D eigenvalue weighted by Crippen LogP contribution is 2.24. The first-order chi connectivity index (χ1) is 8.82. The van der Waals surface area contributed by atoms with Gasteiger partial charge in [-0.05, 0) is 13.8 Å². The Morgan fingerprint density at radius 1 is 1.26 bits per heavy atom. The summed E-state index contributed by atoms with van der Waals surface area (Å²) in [7, 11) is 0. The Balaban J connectivity index is 1.94. The summed E-state index contributed by atoms with van der Waals surface area (Å²) in [4.78, 5) is 26.1. The molecule has 2 aliphatic heterocycles. The summed E-state index contributed by atoms with van der Waals surface area (Å²) in [5.74, 6) is -1.31. The number of carboxylic acids is 1. The number of aliphatic hydroxyl groups is 1. The van der Waals surface area contributed by atoms with Gasteiger partial charge in [-0.1, -0.05) is 0 Å². The number of urea groups is 1. The van der Waals surface area contributed by atoms with Gasteiger partial charge in [0, 0.05) is 13.1 Å². The Labute approximate surface area is 111 Å². The molecule has 0 saturated carbocycles. The predicted molar refractivity (Wildman–Crippen MR) is 65.7 cm³/mol. The first kappa shape index (κ1) is 14.1. The molecule has 0 radical (unpaired) electrons. The predicted octanol–water partition coefficient (Wildman–Crippen LogP) is -0.405. The average Bonchev–Trinajstić information content (AvgIpc) is 2.23. The van der Waals surface area contributed by atoms with E-state index in [-0.39, 0.29) is 31.8 Å². The zero-order chi connectivity index (χ0) is 14.2. The van der Waals surface area contributed by atoms with Crippen molar-refractivity contribution in [2.24, 2.45) is 5.92 Å². The summed E-state index contributed by atoms with van der Waals surface area (Å²) in [5, 5.41) is 18.0. The van der Waals surface area contributed by atoms with Crippen LogP contribution in [0.4, 0.5) is 4.79 Å². The Bertz CT molecular complexity index is 378. The summed E-state index contributed by atoms with van der Waals surface area (Å²) < 4.78 is 5.64. The van der Waals surface area contributed by atoms with Crippen molar-refractivity contribution in [2.75, 3.05) is 32.8 Å². The monoisotopic (exact) mass is 272 g/mol. The summed E-state index contributed by atoms with van der Waals surface area (Å²) in [6.07, 6.45) is -0.385. The first-order valence-electron chi connectivity index (χ1n) is 6.38. The number of carbonyl (C=O) groups excluding carboxylic acids is 1. The summed E-state index contributed by atoms with van der Waals surface area (Å²) in [6.45, 7) is 4.90. The quantitative estimate of drug-likeness (QED) is 0.713. The third-order valence-corrected chi connectivity index (χ3v) is 3.46. The fraction of sp³-hybridized carbons (Fsp3) is 0.833. The molecule has 1 atom stereocenters. The summed E-state index contributed by atoms with van der Waals surface area (Å²) in [5.41, 5.74) is -0.502. The number of aliphatic carboxylic acids is 1. The normalized spacial score (nSPS) is 27.0. The minimum atomic E-state index is -0.861. The van der Waals surface area contributed by atoms with Crippen molar-refractivity contribution in [1.29, 1.82) is 0 Å². The van der Waals surface area contributed by atoms with Crippen LogP contribution in [0.5, 0.6) is 0 Å². The maximum atomic E-state index is 12.2. The molecule has 2 N–H and O–H groups in total. The zero-order valence-electron chi connectivity index (χ0n) is 11.2. The maximum Gasteiger partial charge on any atom is 0.320 e. The lowest BCUT2D eigenvalue weighted by Crippen LogP contribution is -2.62. The number of rotatable bonds is 2. The van der Waals surface area contributed by atoms with Crippen LogP contribution in [0.15, 0.2) is 0 Å². The van der Waals surface area contributed by atoms with Crippen LogP contribution in [-0.2, 0) is 9.53 Å². The van der Waals surface area contributed by atoms with Gasteiger partial charge in [0.05, 0.1) is 37.3 Å². The second kappa shape index (κ2) is 4.97. The molecule has 0 bridgehead atoms. The third kappa shape index (κ3) is 2.98. The van der Waals surface area contributed by atoms with Crippen molar-refractivity contribution < 1.29 is 24.5 Å². The molecule has 2 aliphatic rings. The van der Waals surface area contributed by atoms with Crippen LogP contribution in [0, 0.1) is 5.92 Å². The van der Waals surface area contributed by atoms with Crippen LogP contribution in [0.3, 0.4) is 0 Å². The van der Waals surface area contributed by atoms with Gasteiger partial charge in [0.2, 0.25) is 0 Å². The topological polar surface area (TPSA) is 90.3 Å². The van der Waals surface area contributed by atoms with E-state index >= 15 is 0 Å². The molecule has 7 heteroatoms. The number of amides is 2. The number of aliphatic hydroxyl groups excluding tert-OH is 1. The van der Waals surface area contributed by atoms with Crippen molar-refractivity contribution in [3.63, 3.8) is 0 Å². The van der Waals surface area contributed by atoms with E-state index < -0.39 is 17.5 Å². The molecule has 0 aromatic heterocycles. The molecule has 7 nitrogen and oxygen atoms in total. The van der Waals surface area contributed by atoms with E-state index in [9.17, 15) is 14.7 Å². The summed E-state index contributed by atoms with van der Waals surface area (Å²) >= 11 is 0. The summed E-state index contributed by atoms with van der Waals surface area (Å²) in [6, 6.07) is -0.174. The van der Waals surface area contributed by atoms with Gasteiger partial charge in [0.15, 0.2) is 0 Å². The fourth-order valence-electron chi connectivity index (χ4n) is 2.53. The van der Waals surface area contributed by atoms with E-state index in [1.54, 1.807) is 4.90 Å². The number of likely N-dealkylation sites (tertiary alicyclic amines) is 1. The van der Waals surface area contributed by atoms with Crippen molar-refractivity contribution in [1.82, 2.24) is 9.80 Å². The largest absolute Gasteiger partial charge is 0.481 e. The molecule has 0 aliphatic carbocycles. The van der Waals surface area contributed by atoms with Crippen molar-refractivity contribution >= 4 is 12.0 Å². The van der Waals surface area contributed by atoms with Crippen LogP contribution in [0.25, 0.3) is 0 Å². The minimum Gasteiger partial charge on any atom is -0.481 e. The Morgan fingerprint density at radius 3 is 2.42 bits per heavy atom. The Kier molecular flexibility index (Phi) is 3.69. The third-order valence-electron chi connectivity index (χ3n) is 3.46. The highest BCUT2D eigenvalue weighted by Gasteiger charge is 2.41. The molecule has 2 saturated heterocycles. The molecule has 2 amide bonds. The number of carbonyl (C=O) groups is 2. The van der Waals surface area contributed by atoms with Gasteiger partial charge in [-0.2, -0.15) is 0 Å². The van der Waals surface area contributed by atoms with Crippen molar-refractivity contribution in [3.8, 4) is 0 Å². The molecule has 0 aromatic rings. The number of hydrogen-bond donors (Lipinski definition) is 2. The number of carboxylic acid groups (broad SMARTS) is 1. The standard InChI is InChI=1S/C12H20N2O5/c1-12(2)7-14(5-9(6-15)19-12)11(18)13-3-8(4-13)10(16)17/h8-9,15H,3-7H2,1-2H3,(H,16,17). The van der Waals surface area contributed by atoms with Crippen LogP contribution in [0.1, 0.15) is 13.8 Å². The van der Waals surface area contributed by atoms with Gasteiger partial charge >= 0.3 is 12.0 Å². The molecule has 1 unspecified atom stereocenters. The van der Waals surface area contributed by atoms with Gasteiger partial charge in [-0.25, -0.2) is 4.79 Å².